The van der Waals surface area contributed by atoms with Crippen LogP contribution >= 0.6 is 0 Å². The minimum absolute atomic E-state index is 0.0159. The minimum atomic E-state index is -1.67. The summed E-state index contributed by atoms with van der Waals surface area (Å²) in [5.74, 6) is 0.00245. The van der Waals surface area contributed by atoms with E-state index in [0.717, 1.165) is 58.2 Å². The van der Waals surface area contributed by atoms with Crippen molar-refractivity contribution in [3.8, 4) is 6.07 Å². The second-order valence-electron chi connectivity index (χ2n) is 25.5. The Kier molecular flexibility index (Phi) is 23.2. The van der Waals surface area contributed by atoms with Crippen LogP contribution in [0.4, 0.5) is 0 Å². The third-order valence-corrected chi connectivity index (χ3v) is 19.3. The van der Waals surface area contributed by atoms with Gasteiger partial charge < -0.3 is 45.8 Å². The van der Waals surface area contributed by atoms with Gasteiger partial charge in [-0.25, -0.2) is 0 Å². The van der Waals surface area contributed by atoms with Gasteiger partial charge in [0.25, 0.3) is 11.8 Å². The van der Waals surface area contributed by atoms with Gasteiger partial charge in [0.15, 0.2) is 6.29 Å². The minimum Gasteiger partial charge on any atom is -0.384 e. The number of piperidine rings is 2. The molecule has 2 saturated heterocycles. The van der Waals surface area contributed by atoms with E-state index in [1.165, 1.54) is 81.9 Å². The lowest BCUT2D eigenvalue weighted by Gasteiger charge is -2.39. The molecule has 3 saturated carbocycles. The van der Waals surface area contributed by atoms with Gasteiger partial charge in [0.05, 0.1) is 110 Å². The molecule has 0 radical (unpaired) electrons. The van der Waals surface area contributed by atoms with E-state index in [2.05, 4.69) is 36.3 Å². The summed E-state index contributed by atoms with van der Waals surface area (Å²) < 4.78 is 0. The number of nitrogens with zero attached hydrogens (tertiary/aromatic N) is 12. The molecular formula is C66H93N15O8. The highest BCUT2D eigenvalue weighted by atomic mass is 16.5. The summed E-state index contributed by atoms with van der Waals surface area (Å²) in [6, 6.07) is 15.4. The van der Waals surface area contributed by atoms with Gasteiger partial charge >= 0.3 is 0 Å². The number of rotatable bonds is 8. The monoisotopic (exact) mass is 1220 g/mol. The fraction of sp³-hybridized carbons (Fsp3) is 0.621. The molecule has 0 aromatic heterocycles. The number of carbonyl (C=O) groups is 6. The van der Waals surface area contributed by atoms with Crippen LogP contribution in [0, 0.1) is 16.7 Å². The summed E-state index contributed by atoms with van der Waals surface area (Å²) in [5.41, 5.74) is 7.62. The first kappa shape index (κ1) is 67.2. The first-order chi connectivity index (χ1) is 42.8. The van der Waals surface area contributed by atoms with Crippen molar-refractivity contribution in [1.82, 2.24) is 34.7 Å². The van der Waals surface area contributed by atoms with Crippen LogP contribution in [0.2, 0.25) is 0 Å². The van der Waals surface area contributed by atoms with E-state index in [1.807, 2.05) is 36.9 Å². The highest BCUT2D eigenvalue weighted by Crippen LogP contribution is 2.38. The molecule has 6 N–H and O–H groups in total. The van der Waals surface area contributed by atoms with Crippen LogP contribution in [0.25, 0.3) is 0 Å². The van der Waals surface area contributed by atoms with Crippen molar-refractivity contribution in [2.75, 3.05) is 58.9 Å². The van der Waals surface area contributed by atoms with Crippen LogP contribution in [-0.2, 0) is 19.2 Å². The summed E-state index contributed by atoms with van der Waals surface area (Å²) in [5, 5.41) is 37.5. The number of likely N-dealkylation sites (tertiary alicyclic amines) is 2. The van der Waals surface area contributed by atoms with E-state index in [4.69, 9.17) is 26.6 Å². The van der Waals surface area contributed by atoms with Gasteiger partial charge in [-0.2, -0.15) is 5.26 Å². The lowest BCUT2D eigenvalue weighted by molar-refractivity contribution is -0.136. The van der Waals surface area contributed by atoms with Crippen molar-refractivity contribution in [2.24, 2.45) is 30.7 Å². The van der Waals surface area contributed by atoms with E-state index >= 15 is 0 Å². The topological polar surface area (TPSA) is 310 Å². The number of amidine groups is 1. The fourth-order valence-corrected chi connectivity index (χ4v) is 13.7. The second-order valence-corrected chi connectivity index (χ2v) is 25.5. The maximum atomic E-state index is 12.7. The number of aliphatic imine (C=N–C) groups is 5. The largest absolute Gasteiger partial charge is 0.384 e. The van der Waals surface area contributed by atoms with E-state index in [1.54, 1.807) is 82.2 Å². The van der Waals surface area contributed by atoms with Gasteiger partial charge in [-0.1, -0.05) is 90.7 Å². The molecule has 7 aliphatic heterocycles. The molecule has 89 heavy (non-hydrogen) atoms. The van der Waals surface area contributed by atoms with Crippen molar-refractivity contribution in [1.29, 1.82) is 10.7 Å². The van der Waals surface area contributed by atoms with Crippen molar-refractivity contribution in [2.45, 2.75) is 202 Å². The molecule has 2 aromatic rings. The zero-order chi connectivity index (χ0) is 63.7. The highest BCUT2D eigenvalue weighted by Gasteiger charge is 2.45. The van der Waals surface area contributed by atoms with Gasteiger partial charge in [-0.15, -0.1) is 0 Å². The Hall–Kier alpha value is -7.71. The molecule has 12 rings (SSSR count). The summed E-state index contributed by atoms with van der Waals surface area (Å²) in [6.45, 7) is 11.7. The van der Waals surface area contributed by atoms with Gasteiger partial charge in [0.1, 0.15) is 5.84 Å². The number of carbonyl (C=O) groups excluding carboxylic acids is 6. The quantitative estimate of drug-likeness (QED) is 0.107. The van der Waals surface area contributed by atoms with Crippen molar-refractivity contribution < 1.29 is 39.0 Å². The van der Waals surface area contributed by atoms with Crippen LogP contribution in [0.3, 0.4) is 0 Å². The molecule has 0 bridgehead atoms. The number of nitrogen functional groups attached to an aromatic ring is 1. The number of aliphatic hydroxyl groups is 2. The van der Waals surface area contributed by atoms with E-state index in [9.17, 15) is 28.8 Å². The Labute approximate surface area is 524 Å². The highest BCUT2D eigenvalue weighted by molar-refractivity contribution is 5.98. The number of amides is 6. The third kappa shape index (κ3) is 17.2. The van der Waals surface area contributed by atoms with E-state index in [0.29, 0.717) is 99.2 Å². The van der Waals surface area contributed by atoms with Gasteiger partial charge in [-0.3, -0.25) is 64.0 Å². The molecule has 5 fully saturated rings. The predicted molar refractivity (Wildman–Crippen MR) is 343 cm³/mol. The summed E-state index contributed by atoms with van der Waals surface area (Å²) in [7, 11) is 0. The van der Waals surface area contributed by atoms with Crippen LogP contribution in [0.15, 0.2) is 73.5 Å². The molecule has 6 amide bonds. The first-order valence-corrected chi connectivity index (χ1v) is 32.3. The van der Waals surface area contributed by atoms with Crippen LogP contribution in [0.1, 0.15) is 200 Å². The molecule has 0 atom stereocenters. The SMILES string of the molecule is C1=NCC2(CCCCC2)N1.CCC(=O)N1C=NC2(CCCCC2)C1.CCC(=O)N1C=NC2(CCN(C(=O)c3ccc(C#N)cc3)CC2)C1.CCC(=O)N1C=NCC12CCCCC2.N=C(N)c1ccc(C(=O)N2CCC3(CC2)CN(C(=O)CC(O)O)C=N3)cc1. The molecule has 23 nitrogen and oxygen atoms in total. The fourth-order valence-electron chi connectivity index (χ4n) is 13.7. The predicted octanol–water partition coefficient (Wildman–Crippen LogP) is 6.59. The molecule has 23 heteroatoms. The van der Waals surface area contributed by atoms with Gasteiger partial charge in [0, 0.05) is 62.1 Å². The normalized spacial score (nSPS) is 21.5. The number of nitrogens with one attached hydrogen (secondary N) is 2. The molecule has 7 heterocycles. The Balaban J connectivity index is 0.000000150. The molecular weight excluding hydrogens is 1130 g/mol. The van der Waals surface area contributed by atoms with Gasteiger partial charge in [-0.05, 0) is 101 Å². The van der Waals surface area contributed by atoms with E-state index in [-0.39, 0.29) is 64.3 Å². The number of hydrogen-bond acceptors (Lipinski definition) is 16. The number of benzene rings is 2. The Bertz CT molecular complexity index is 2980. The van der Waals surface area contributed by atoms with Crippen molar-refractivity contribution in [3.63, 3.8) is 0 Å². The Morgan fingerprint density at radius 1 is 0.551 bits per heavy atom. The molecule has 3 aliphatic carbocycles. The van der Waals surface area contributed by atoms with Crippen molar-refractivity contribution in [3.05, 3.63) is 70.8 Å². The molecule has 5 spiro atoms. The van der Waals surface area contributed by atoms with Gasteiger partial charge in [0.2, 0.25) is 23.6 Å². The molecule has 10 aliphatic rings. The average Bonchev–Trinajstić information content (AvgIpc) is 2.30. The number of nitriles is 1. The first-order valence-electron chi connectivity index (χ1n) is 32.3. The maximum Gasteiger partial charge on any atom is 0.253 e. The second kappa shape index (κ2) is 30.7. The summed E-state index contributed by atoms with van der Waals surface area (Å²) in [4.78, 5) is 105. The number of aliphatic hydroxyl groups excluding tert-OH is 1. The number of hydrogen-bond donors (Lipinski definition) is 5. The molecule has 2 aromatic carbocycles. The van der Waals surface area contributed by atoms with Crippen LogP contribution in [-0.4, -0.2) is 205 Å². The smallest absolute Gasteiger partial charge is 0.253 e. The Morgan fingerprint density at radius 2 is 0.966 bits per heavy atom. The summed E-state index contributed by atoms with van der Waals surface area (Å²) in [6.07, 6.45) is 30.1. The lowest BCUT2D eigenvalue weighted by Crippen LogP contribution is -2.50. The van der Waals surface area contributed by atoms with Crippen LogP contribution < -0.4 is 11.1 Å². The van der Waals surface area contributed by atoms with Crippen LogP contribution in [0.5, 0.6) is 0 Å². The zero-order valence-corrected chi connectivity index (χ0v) is 52.5. The summed E-state index contributed by atoms with van der Waals surface area (Å²) >= 11 is 0. The molecule has 480 valence electrons. The molecule has 0 unspecified atom stereocenters. The lowest BCUT2D eigenvalue weighted by atomic mass is 9.81. The third-order valence-electron chi connectivity index (χ3n) is 19.3. The number of nitrogens with two attached hydrogens (primary N) is 1. The van der Waals surface area contributed by atoms with E-state index < -0.39 is 11.8 Å². The Morgan fingerprint density at radius 3 is 1.38 bits per heavy atom. The maximum absolute atomic E-state index is 12.7. The zero-order valence-electron chi connectivity index (χ0n) is 52.5. The standard InChI is InChI=1S/C18H23N5O4.C18H20N4O2.2C11H18N2O.C8H14N2/c19-16(20)12-1-3-13(4-2-12)17(27)22-7-5-18(6-8-22)10-23(11-21-18)14(24)9-15(25)26;1-2-16(23)22-12-18(20-13-22)7-9-21(10-8-18)17(24)15-5-3-14(11-19)4-6-15;1-2-10(14)13-8-11(12-9-13)6-4-3-5-7-11;1-2-10(14)13-9-12-8-11(13)6-4-3-5-7-11;1-2-4-8(5-3-1)6-9-7-10-8/h1-4,11,15,25-26H,5-10H2,(H3,19,20);3-6,13H,2,7-10,12H2,1H3;2*9H,2-8H2,1H3;7H,1-6H2,(H,9,10). The van der Waals surface area contributed by atoms with Crippen molar-refractivity contribution >= 4 is 73.0 Å². The average molecular weight is 1220 g/mol.